The summed E-state index contributed by atoms with van der Waals surface area (Å²) in [6.07, 6.45) is -0.233. The lowest BCUT2D eigenvalue weighted by Gasteiger charge is -2.20. The van der Waals surface area contributed by atoms with Gasteiger partial charge < -0.3 is 10.3 Å². The van der Waals surface area contributed by atoms with Crippen LogP contribution in [0.25, 0.3) is 22.5 Å². The van der Waals surface area contributed by atoms with Crippen LogP contribution in [0, 0.1) is 5.92 Å². The van der Waals surface area contributed by atoms with Gasteiger partial charge in [-0.3, -0.25) is 9.19 Å². The highest BCUT2D eigenvalue weighted by molar-refractivity contribution is 7.79. The minimum Gasteiger partial charge on any atom is -0.772 e. The maximum Gasteiger partial charge on any atom is 0.433 e. The normalized spacial score (nSPS) is 16.3. The molecule has 2 atom stereocenters. The molecule has 10 heteroatoms. The Morgan fingerprint density at radius 3 is 2.23 bits per heavy atom. The number of hydrogen-bond acceptors (Lipinski definition) is 6. The number of alkyl halides is 3. The van der Waals surface area contributed by atoms with Crippen LogP contribution in [-0.2, 0) is 17.3 Å². The highest BCUT2D eigenvalue weighted by Crippen LogP contribution is 2.44. The summed E-state index contributed by atoms with van der Waals surface area (Å²) in [6, 6.07) is 9.07. The van der Waals surface area contributed by atoms with Gasteiger partial charge in [-0.15, -0.1) is 0 Å². The fraction of sp³-hybridized carbons (Fsp3) is 0.250. The predicted octanol–water partition coefficient (Wildman–Crippen LogP) is 4.14. The third kappa shape index (κ3) is 4.19. The van der Waals surface area contributed by atoms with Gasteiger partial charge in [-0.25, -0.2) is 9.97 Å². The van der Waals surface area contributed by atoms with Crippen LogP contribution in [0.5, 0.6) is 0 Å². The number of rotatable bonds is 5. The summed E-state index contributed by atoms with van der Waals surface area (Å²) in [5, 5.41) is -0.523. The lowest BCUT2D eigenvalue weighted by molar-refractivity contribution is -0.141. The SMILES string of the molecule is Nc1ncc(-c2ccc(C(C3CC3)S(=O)[O-])cc2)nc1-c1ccc(C(F)(F)F)nc1. The van der Waals surface area contributed by atoms with Crippen molar-refractivity contribution in [1.82, 2.24) is 15.0 Å². The van der Waals surface area contributed by atoms with Crippen LogP contribution in [0.1, 0.15) is 29.3 Å². The molecule has 4 rings (SSSR count). The molecule has 1 fully saturated rings. The second kappa shape index (κ2) is 7.77. The van der Waals surface area contributed by atoms with Crippen LogP contribution in [0.2, 0.25) is 0 Å². The highest BCUT2D eigenvalue weighted by atomic mass is 32.2. The minimum atomic E-state index is -4.54. The molecule has 1 saturated carbocycles. The number of pyridine rings is 1. The Hall–Kier alpha value is -2.85. The van der Waals surface area contributed by atoms with Crippen LogP contribution in [-0.4, -0.2) is 23.7 Å². The zero-order chi connectivity index (χ0) is 21.5. The first-order valence-electron chi connectivity index (χ1n) is 9.08. The molecule has 0 amide bonds. The van der Waals surface area contributed by atoms with Crippen molar-refractivity contribution < 1.29 is 21.9 Å². The van der Waals surface area contributed by atoms with Gasteiger partial charge in [0.25, 0.3) is 0 Å². The van der Waals surface area contributed by atoms with Crippen molar-refractivity contribution in [3.05, 3.63) is 60.0 Å². The first kappa shape index (κ1) is 20.4. The summed E-state index contributed by atoms with van der Waals surface area (Å²) in [7, 11) is 0. The van der Waals surface area contributed by atoms with E-state index in [9.17, 15) is 21.9 Å². The van der Waals surface area contributed by atoms with Gasteiger partial charge in [0.15, 0.2) is 0 Å². The number of aromatic nitrogens is 3. The molecule has 2 aromatic heterocycles. The number of anilines is 1. The van der Waals surface area contributed by atoms with E-state index in [1.807, 2.05) is 0 Å². The third-order valence-corrected chi connectivity index (χ3v) is 5.99. The zero-order valence-electron chi connectivity index (χ0n) is 15.5. The van der Waals surface area contributed by atoms with Crippen molar-refractivity contribution in [3.8, 4) is 22.5 Å². The molecule has 3 aromatic rings. The lowest BCUT2D eigenvalue weighted by Crippen LogP contribution is -2.08. The van der Waals surface area contributed by atoms with Gasteiger partial charge in [-0.1, -0.05) is 24.3 Å². The van der Waals surface area contributed by atoms with E-state index in [0.29, 0.717) is 22.4 Å². The number of hydrogen-bond donors (Lipinski definition) is 1. The number of nitrogen functional groups attached to an aromatic ring is 1. The summed E-state index contributed by atoms with van der Waals surface area (Å²) in [4.78, 5) is 12.0. The molecule has 1 aromatic carbocycles. The minimum absolute atomic E-state index is 0.0625. The average molecular weight is 433 g/mol. The van der Waals surface area contributed by atoms with E-state index in [-0.39, 0.29) is 17.4 Å². The molecule has 30 heavy (non-hydrogen) atoms. The second-order valence-electron chi connectivity index (χ2n) is 7.06. The van der Waals surface area contributed by atoms with Gasteiger partial charge >= 0.3 is 6.18 Å². The molecule has 156 valence electrons. The van der Waals surface area contributed by atoms with Gasteiger partial charge in [0, 0.05) is 22.6 Å². The van der Waals surface area contributed by atoms with E-state index in [1.165, 1.54) is 12.3 Å². The summed E-state index contributed by atoms with van der Waals surface area (Å²) < 4.78 is 61.3. The highest BCUT2D eigenvalue weighted by Gasteiger charge is 2.33. The van der Waals surface area contributed by atoms with Crippen molar-refractivity contribution in [2.45, 2.75) is 24.3 Å². The fourth-order valence-corrected chi connectivity index (χ4v) is 4.20. The van der Waals surface area contributed by atoms with Crippen molar-refractivity contribution in [2.75, 3.05) is 5.73 Å². The van der Waals surface area contributed by atoms with E-state index in [1.54, 1.807) is 24.3 Å². The molecule has 1 aliphatic rings. The second-order valence-corrected chi connectivity index (χ2v) is 8.09. The van der Waals surface area contributed by atoms with Crippen molar-refractivity contribution >= 4 is 16.9 Å². The van der Waals surface area contributed by atoms with E-state index in [2.05, 4.69) is 15.0 Å². The molecular weight excluding hydrogens is 417 g/mol. The Balaban J connectivity index is 1.64. The van der Waals surface area contributed by atoms with Gasteiger partial charge in [0.05, 0.1) is 11.9 Å². The number of nitrogens with two attached hydrogens (primary N) is 1. The molecule has 2 heterocycles. The van der Waals surface area contributed by atoms with Crippen molar-refractivity contribution in [1.29, 1.82) is 0 Å². The zero-order valence-corrected chi connectivity index (χ0v) is 16.3. The Labute approximate surface area is 172 Å². The Kier molecular flexibility index (Phi) is 5.29. The standard InChI is InChI=1S/C20H17F3N4O2S/c21-20(22,23)16-8-7-14(9-25-16)17-19(24)26-10-15(27-17)11-1-3-12(4-2-11)18(30(28)29)13-5-6-13/h1-4,7-10,13,18H,5-6H2,(H2,24,26)(H,28,29)/p-1. The van der Waals surface area contributed by atoms with Gasteiger partial charge in [0.2, 0.25) is 0 Å². The third-order valence-electron chi connectivity index (χ3n) is 4.92. The summed E-state index contributed by atoms with van der Waals surface area (Å²) in [6.45, 7) is 0. The van der Waals surface area contributed by atoms with E-state index < -0.39 is 28.2 Å². The number of benzene rings is 1. The van der Waals surface area contributed by atoms with E-state index in [0.717, 1.165) is 25.1 Å². The van der Waals surface area contributed by atoms with E-state index in [4.69, 9.17) is 5.73 Å². The molecule has 0 radical (unpaired) electrons. The maximum atomic E-state index is 12.7. The molecule has 2 N–H and O–H groups in total. The average Bonchev–Trinajstić information content (AvgIpc) is 3.53. The Morgan fingerprint density at radius 2 is 1.70 bits per heavy atom. The molecule has 0 aliphatic heterocycles. The summed E-state index contributed by atoms with van der Waals surface area (Å²) in [5.74, 6) is 0.219. The van der Waals surface area contributed by atoms with Crippen LogP contribution >= 0.6 is 0 Å². The van der Waals surface area contributed by atoms with Crippen LogP contribution < -0.4 is 5.73 Å². The first-order chi connectivity index (χ1) is 14.2. The Bertz CT molecular complexity index is 1080. The summed E-state index contributed by atoms with van der Waals surface area (Å²) in [5.41, 5.74) is 7.23. The molecule has 0 saturated heterocycles. The van der Waals surface area contributed by atoms with E-state index >= 15 is 0 Å². The van der Waals surface area contributed by atoms with Crippen LogP contribution in [0.3, 0.4) is 0 Å². The first-order valence-corrected chi connectivity index (χ1v) is 10.2. The smallest absolute Gasteiger partial charge is 0.433 e. The van der Waals surface area contributed by atoms with Gasteiger partial charge in [-0.05, 0) is 47.5 Å². The maximum absolute atomic E-state index is 12.7. The molecular formula is C20H16F3N4O2S-. The van der Waals surface area contributed by atoms with Gasteiger partial charge in [-0.2, -0.15) is 13.2 Å². The monoisotopic (exact) mass is 433 g/mol. The van der Waals surface area contributed by atoms with Crippen LogP contribution in [0.15, 0.2) is 48.8 Å². The van der Waals surface area contributed by atoms with Crippen LogP contribution in [0.4, 0.5) is 19.0 Å². The van der Waals surface area contributed by atoms with Crippen molar-refractivity contribution in [3.63, 3.8) is 0 Å². The van der Waals surface area contributed by atoms with Gasteiger partial charge in [0.1, 0.15) is 17.2 Å². The number of halogens is 3. The molecule has 0 bridgehead atoms. The number of nitrogens with zero attached hydrogens (tertiary/aromatic N) is 3. The Morgan fingerprint density at radius 1 is 1.03 bits per heavy atom. The quantitative estimate of drug-likeness (QED) is 0.607. The predicted molar refractivity (Wildman–Crippen MR) is 104 cm³/mol. The fourth-order valence-electron chi connectivity index (χ4n) is 3.23. The molecule has 6 nitrogen and oxygen atoms in total. The topological polar surface area (TPSA) is 105 Å². The lowest BCUT2D eigenvalue weighted by atomic mass is 10.0. The molecule has 0 spiro atoms. The molecule has 1 aliphatic carbocycles. The van der Waals surface area contributed by atoms with Crippen molar-refractivity contribution in [2.24, 2.45) is 5.92 Å². The summed E-state index contributed by atoms with van der Waals surface area (Å²) >= 11 is -2.19. The largest absolute Gasteiger partial charge is 0.772 e. The molecule has 2 unspecified atom stereocenters.